The molecule has 0 saturated carbocycles. The molecule has 0 spiro atoms. The van der Waals surface area contributed by atoms with Gasteiger partial charge in [0.1, 0.15) is 12.4 Å². The van der Waals surface area contributed by atoms with Gasteiger partial charge >= 0.3 is 0 Å². The van der Waals surface area contributed by atoms with Gasteiger partial charge in [0, 0.05) is 50.3 Å². The van der Waals surface area contributed by atoms with E-state index in [0.717, 1.165) is 62.7 Å². The van der Waals surface area contributed by atoms with E-state index in [4.69, 9.17) is 9.47 Å². The summed E-state index contributed by atoms with van der Waals surface area (Å²) in [5.41, 5.74) is 0. The van der Waals surface area contributed by atoms with E-state index in [9.17, 15) is 0 Å². The summed E-state index contributed by atoms with van der Waals surface area (Å²) < 4.78 is 12.6. The smallest absolute Gasteiger partial charge is 0.120 e. The Morgan fingerprint density at radius 1 is 1.18 bits per heavy atom. The van der Waals surface area contributed by atoms with Gasteiger partial charge in [-0.15, -0.1) is 0 Å². The Labute approximate surface area is 141 Å². The molecular weight excluding hydrogens is 344 g/mol. The molecule has 0 aliphatic carbocycles. The van der Waals surface area contributed by atoms with Gasteiger partial charge in [-0.2, -0.15) is 0 Å². The van der Waals surface area contributed by atoms with E-state index in [2.05, 4.69) is 25.7 Å². The lowest BCUT2D eigenvalue weighted by atomic mass is 10.2. The molecule has 22 heavy (non-hydrogen) atoms. The molecule has 2 aliphatic rings. The first-order valence-electron chi connectivity index (χ1n) is 8.24. The van der Waals surface area contributed by atoms with Gasteiger partial charge in [0.05, 0.1) is 6.10 Å². The maximum Gasteiger partial charge on any atom is 0.120 e. The third kappa shape index (κ3) is 4.95. The van der Waals surface area contributed by atoms with Crippen LogP contribution in [0.2, 0.25) is 0 Å². The molecular formula is C17H25BrN2O2. The highest BCUT2D eigenvalue weighted by molar-refractivity contribution is 9.10. The van der Waals surface area contributed by atoms with Crippen molar-refractivity contribution in [2.75, 3.05) is 52.5 Å². The summed E-state index contributed by atoms with van der Waals surface area (Å²) in [5.74, 6) is 0.936. The Morgan fingerprint density at radius 3 is 2.73 bits per heavy atom. The lowest BCUT2D eigenvalue weighted by Gasteiger charge is -2.35. The number of halogens is 1. The van der Waals surface area contributed by atoms with Crippen molar-refractivity contribution in [3.8, 4) is 5.75 Å². The normalized spacial score (nSPS) is 23.8. The van der Waals surface area contributed by atoms with E-state index in [1.54, 1.807) is 0 Å². The van der Waals surface area contributed by atoms with E-state index in [1.165, 1.54) is 12.8 Å². The average Bonchev–Trinajstić information content (AvgIpc) is 3.02. The Morgan fingerprint density at radius 2 is 2.00 bits per heavy atom. The molecule has 1 aromatic rings. The molecule has 2 heterocycles. The quantitative estimate of drug-likeness (QED) is 0.770. The molecule has 3 rings (SSSR count). The van der Waals surface area contributed by atoms with Crippen molar-refractivity contribution in [3.63, 3.8) is 0 Å². The van der Waals surface area contributed by atoms with Crippen LogP contribution in [0, 0.1) is 0 Å². The summed E-state index contributed by atoms with van der Waals surface area (Å²) in [6.45, 7) is 8.39. The van der Waals surface area contributed by atoms with Crippen molar-refractivity contribution in [1.29, 1.82) is 0 Å². The van der Waals surface area contributed by atoms with Crippen LogP contribution >= 0.6 is 15.9 Å². The van der Waals surface area contributed by atoms with Crippen LogP contribution < -0.4 is 4.74 Å². The van der Waals surface area contributed by atoms with Crippen LogP contribution in [0.4, 0.5) is 0 Å². The minimum Gasteiger partial charge on any atom is -0.492 e. The van der Waals surface area contributed by atoms with Gasteiger partial charge in [-0.05, 0) is 31.0 Å². The van der Waals surface area contributed by atoms with Gasteiger partial charge in [-0.1, -0.05) is 22.0 Å². The molecule has 0 N–H and O–H groups in total. The highest BCUT2D eigenvalue weighted by Gasteiger charge is 2.22. The van der Waals surface area contributed by atoms with Crippen LogP contribution in [0.1, 0.15) is 12.8 Å². The first-order chi connectivity index (χ1) is 10.8. The molecule has 0 radical (unpaired) electrons. The van der Waals surface area contributed by atoms with Crippen LogP contribution in [0.15, 0.2) is 28.7 Å². The Balaban J connectivity index is 1.32. The number of hydrogen-bond acceptors (Lipinski definition) is 4. The van der Waals surface area contributed by atoms with Crippen LogP contribution in [0.25, 0.3) is 0 Å². The highest BCUT2D eigenvalue weighted by atomic mass is 79.9. The predicted molar refractivity (Wildman–Crippen MR) is 91.5 cm³/mol. The third-order valence-corrected chi connectivity index (χ3v) is 4.92. The van der Waals surface area contributed by atoms with E-state index >= 15 is 0 Å². The first kappa shape index (κ1) is 16.2. The molecule has 5 heteroatoms. The van der Waals surface area contributed by atoms with Crippen molar-refractivity contribution in [3.05, 3.63) is 28.7 Å². The van der Waals surface area contributed by atoms with E-state index in [-0.39, 0.29) is 0 Å². The molecule has 2 aliphatic heterocycles. The Bertz CT molecular complexity index is 458. The number of ether oxygens (including phenoxy) is 2. The molecule has 0 bridgehead atoms. The molecule has 1 atom stereocenters. The van der Waals surface area contributed by atoms with Crippen LogP contribution in [-0.4, -0.2) is 68.4 Å². The van der Waals surface area contributed by atoms with Crippen LogP contribution in [-0.2, 0) is 4.74 Å². The summed E-state index contributed by atoms with van der Waals surface area (Å²) in [4.78, 5) is 5.03. The highest BCUT2D eigenvalue weighted by Crippen LogP contribution is 2.18. The number of benzene rings is 1. The zero-order valence-electron chi connectivity index (χ0n) is 13.0. The second kappa shape index (κ2) is 8.29. The van der Waals surface area contributed by atoms with E-state index in [0.29, 0.717) is 6.10 Å². The maximum absolute atomic E-state index is 5.82. The molecule has 4 nitrogen and oxygen atoms in total. The molecule has 0 amide bonds. The summed E-state index contributed by atoms with van der Waals surface area (Å²) in [6, 6.07) is 8.03. The summed E-state index contributed by atoms with van der Waals surface area (Å²) in [6.07, 6.45) is 2.95. The van der Waals surface area contributed by atoms with Crippen molar-refractivity contribution >= 4 is 15.9 Å². The number of rotatable bonds is 6. The van der Waals surface area contributed by atoms with Gasteiger partial charge in [0.25, 0.3) is 0 Å². The molecule has 1 aromatic carbocycles. The average molecular weight is 369 g/mol. The second-order valence-electron chi connectivity index (χ2n) is 6.08. The molecule has 122 valence electrons. The number of piperazine rings is 1. The third-order valence-electron chi connectivity index (χ3n) is 4.42. The van der Waals surface area contributed by atoms with Gasteiger partial charge in [0.2, 0.25) is 0 Å². The standard InChI is InChI=1S/C17H25BrN2O2/c18-15-3-1-4-16(13-15)22-12-10-19-6-8-20(9-7-19)14-17-5-2-11-21-17/h1,3-4,13,17H,2,5-12,14H2. The predicted octanol–water partition coefficient (Wildman–Crippen LogP) is 2.62. The molecule has 1 unspecified atom stereocenters. The fourth-order valence-electron chi connectivity index (χ4n) is 3.12. The SMILES string of the molecule is Brc1cccc(OCCN2CCN(CC3CCCO3)CC2)c1. The lowest BCUT2D eigenvalue weighted by Crippen LogP contribution is -2.49. The second-order valence-corrected chi connectivity index (χ2v) is 7.00. The zero-order chi connectivity index (χ0) is 15.2. The molecule has 2 saturated heterocycles. The van der Waals surface area contributed by atoms with Gasteiger partial charge in [-0.25, -0.2) is 0 Å². The summed E-state index contributed by atoms with van der Waals surface area (Å²) in [5, 5.41) is 0. The zero-order valence-corrected chi connectivity index (χ0v) is 14.6. The monoisotopic (exact) mass is 368 g/mol. The van der Waals surface area contributed by atoms with Gasteiger partial charge in [0.15, 0.2) is 0 Å². The largest absolute Gasteiger partial charge is 0.492 e. The Hall–Kier alpha value is -0.620. The first-order valence-corrected chi connectivity index (χ1v) is 9.03. The van der Waals surface area contributed by atoms with Crippen molar-refractivity contribution in [1.82, 2.24) is 9.80 Å². The van der Waals surface area contributed by atoms with Crippen LogP contribution in [0.3, 0.4) is 0 Å². The van der Waals surface area contributed by atoms with Crippen molar-refractivity contribution in [2.45, 2.75) is 18.9 Å². The van der Waals surface area contributed by atoms with Crippen LogP contribution in [0.5, 0.6) is 5.75 Å². The van der Waals surface area contributed by atoms with Crippen molar-refractivity contribution < 1.29 is 9.47 Å². The molecule has 2 fully saturated rings. The fourth-order valence-corrected chi connectivity index (χ4v) is 3.50. The number of nitrogens with zero attached hydrogens (tertiary/aromatic N) is 2. The topological polar surface area (TPSA) is 24.9 Å². The minimum atomic E-state index is 0.478. The molecule has 0 aromatic heterocycles. The van der Waals surface area contributed by atoms with Gasteiger partial charge < -0.3 is 9.47 Å². The summed E-state index contributed by atoms with van der Waals surface area (Å²) >= 11 is 3.47. The maximum atomic E-state index is 5.82. The summed E-state index contributed by atoms with van der Waals surface area (Å²) in [7, 11) is 0. The van der Waals surface area contributed by atoms with Gasteiger partial charge in [-0.3, -0.25) is 9.80 Å². The minimum absolute atomic E-state index is 0.478. The fraction of sp³-hybridized carbons (Fsp3) is 0.647. The van der Waals surface area contributed by atoms with Crippen molar-refractivity contribution in [2.24, 2.45) is 0 Å². The van der Waals surface area contributed by atoms with E-state index < -0.39 is 0 Å². The Kier molecular flexibility index (Phi) is 6.12. The number of hydrogen-bond donors (Lipinski definition) is 0. The lowest BCUT2D eigenvalue weighted by molar-refractivity contribution is 0.0478. The van der Waals surface area contributed by atoms with E-state index in [1.807, 2.05) is 24.3 Å².